The van der Waals surface area contributed by atoms with Crippen molar-refractivity contribution < 1.29 is 14.1 Å². The number of amides is 2. The zero-order valence-electron chi connectivity index (χ0n) is 13.2. The molecule has 2 aromatic rings. The fourth-order valence-corrected chi connectivity index (χ4v) is 2.30. The van der Waals surface area contributed by atoms with E-state index in [4.69, 9.17) is 10.3 Å². The summed E-state index contributed by atoms with van der Waals surface area (Å²) in [4.78, 5) is 24.2. The van der Waals surface area contributed by atoms with Gasteiger partial charge >= 0.3 is 0 Å². The second-order valence-corrected chi connectivity index (χ2v) is 5.82. The van der Waals surface area contributed by atoms with E-state index in [0.717, 1.165) is 25.0 Å². The van der Waals surface area contributed by atoms with E-state index in [1.807, 2.05) is 0 Å². The van der Waals surface area contributed by atoms with Crippen LogP contribution in [0.15, 0.2) is 34.9 Å². The molecule has 4 N–H and O–H groups in total. The van der Waals surface area contributed by atoms with Gasteiger partial charge in [-0.15, -0.1) is 0 Å². The normalized spacial score (nSPS) is 13.5. The van der Waals surface area contributed by atoms with Crippen LogP contribution >= 0.6 is 0 Å². The van der Waals surface area contributed by atoms with Crippen molar-refractivity contribution in [3.05, 3.63) is 47.3 Å². The first-order valence-electron chi connectivity index (χ1n) is 8.03. The maximum atomic E-state index is 12.2. The number of hydrogen-bond acceptors (Lipinski definition) is 5. The summed E-state index contributed by atoms with van der Waals surface area (Å²) in [5, 5.41) is 9.31. The van der Waals surface area contributed by atoms with Crippen LogP contribution in [-0.2, 0) is 0 Å². The third kappa shape index (κ3) is 3.99. The fourth-order valence-electron chi connectivity index (χ4n) is 2.30. The van der Waals surface area contributed by atoms with E-state index in [0.29, 0.717) is 30.3 Å². The molecule has 3 rings (SSSR count). The predicted octanol–water partition coefficient (Wildman–Crippen LogP) is 1.88. The summed E-state index contributed by atoms with van der Waals surface area (Å²) in [6.07, 6.45) is 2.88. The molecule has 1 aromatic heterocycles. The Morgan fingerprint density at radius 1 is 1.25 bits per heavy atom. The molecule has 2 amide bonds. The monoisotopic (exact) mass is 328 g/mol. The van der Waals surface area contributed by atoms with Crippen molar-refractivity contribution in [2.45, 2.75) is 25.2 Å². The van der Waals surface area contributed by atoms with Gasteiger partial charge in [0.25, 0.3) is 11.8 Å². The molecule has 0 radical (unpaired) electrons. The molecule has 0 bridgehead atoms. The molecule has 0 atom stereocenters. The molecule has 7 nitrogen and oxygen atoms in total. The Balaban J connectivity index is 1.62. The smallest absolute Gasteiger partial charge is 0.277 e. The van der Waals surface area contributed by atoms with E-state index in [1.165, 1.54) is 0 Å². The largest absolute Gasteiger partial charge is 0.360 e. The van der Waals surface area contributed by atoms with Crippen molar-refractivity contribution in [2.75, 3.05) is 18.4 Å². The summed E-state index contributed by atoms with van der Waals surface area (Å²) >= 11 is 0. The minimum Gasteiger partial charge on any atom is -0.360 e. The molecule has 1 saturated carbocycles. The minimum atomic E-state index is -0.355. The van der Waals surface area contributed by atoms with Crippen LogP contribution in [0.25, 0.3) is 0 Å². The molecule has 1 aliphatic carbocycles. The van der Waals surface area contributed by atoms with Gasteiger partial charge in [0.15, 0.2) is 5.69 Å². The average Bonchev–Trinajstić information content (AvgIpc) is 3.32. The van der Waals surface area contributed by atoms with Crippen LogP contribution in [-0.4, -0.2) is 30.1 Å². The first-order chi connectivity index (χ1) is 11.7. The first kappa shape index (κ1) is 16.2. The summed E-state index contributed by atoms with van der Waals surface area (Å²) in [6, 6.07) is 8.42. The average molecular weight is 328 g/mol. The zero-order valence-corrected chi connectivity index (χ0v) is 13.2. The van der Waals surface area contributed by atoms with Crippen molar-refractivity contribution in [1.82, 2.24) is 10.5 Å². The topological polar surface area (TPSA) is 110 Å². The number of carbonyl (C=O) groups excluding carboxylic acids is 2. The Morgan fingerprint density at radius 2 is 2.08 bits per heavy atom. The van der Waals surface area contributed by atoms with E-state index in [2.05, 4.69) is 15.8 Å². The lowest BCUT2D eigenvalue weighted by atomic mass is 10.2. The van der Waals surface area contributed by atoms with Crippen molar-refractivity contribution in [2.24, 2.45) is 5.73 Å². The molecule has 0 unspecified atom stereocenters. The molecule has 0 aliphatic heterocycles. The van der Waals surface area contributed by atoms with Gasteiger partial charge in [0, 0.05) is 29.8 Å². The van der Waals surface area contributed by atoms with Gasteiger partial charge in [-0.25, -0.2) is 0 Å². The third-order valence-electron chi connectivity index (χ3n) is 3.79. The highest BCUT2D eigenvalue weighted by atomic mass is 16.5. The Kier molecular flexibility index (Phi) is 4.90. The fraction of sp³-hybridized carbons (Fsp3) is 0.353. The number of nitrogens with zero attached hydrogens (tertiary/aromatic N) is 1. The quantitative estimate of drug-likeness (QED) is 0.672. The molecule has 24 heavy (non-hydrogen) atoms. The molecule has 1 aromatic carbocycles. The molecule has 126 valence electrons. The van der Waals surface area contributed by atoms with Crippen LogP contribution in [0.5, 0.6) is 0 Å². The molecule has 1 fully saturated rings. The summed E-state index contributed by atoms with van der Waals surface area (Å²) in [7, 11) is 0. The molecular formula is C17H20N4O3. The van der Waals surface area contributed by atoms with E-state index in [9.17, 15) is 9.59 Å². The number of rotatable bonds is 7. The van der Waals surface area contributed by atoms with Crippen LogP contribution in [0.1, 0.15) is 51.8 Å². The van der Waals surface area contributed by atoms with Crippen LogP contribution in [0.2, 0.25) is 0 Å². The Morgan fingerprint density at radius 3 is 2.83 bits per heavy atom. The first-order valence-corrected chi connectivity index (χ1v) is 8.03. The number of carbonyl (C=O) groups is 2. The molecule has 7 heteroatoms. The lowest BCUT2D eigenvalue weighted by molar-refractivity contribution is 0.0951. The van der Waals surface area contributed by atoms with Gasteiger partial charge in [-0.05, 0) is 44.0 Å². The number of hydrogen-bond donors (Lipinski definition) is 3. The summed E-state index contributed by atoms with van der Waals surface area (Å²) in [5.41, 5.74) is 6.65. The second kappa shape index (κ2) is 7.27. The summed E-state index contributed by atoms with van der Waals surface area (Å²) < 4.78 is 5.18. The van der Waals surface area contributed by atoms with E-state index >= 15 is 0 Å². The molecule has 1 aliphatic rings. The van der Waals surface area contributed by atoms with E-state index in [-0.39, 0.29) is 17.5 Å². The van der Waals surface area contributed by atoms with Gasteiger partial charge in [0.2, 0.25) is 0 Å². The number of aromatic nitrogens is 1. The van der Waals surface area contributed by atoms with Gasteiger partial charge in [0.05, 0.1) is 0 Å². The molecule has 1 heterocycles. The number of nitrogens with two attached hydrogens (primary N) is 1. The van der Waals surface area contributed by atoms with Gasteiger partial charge in [-0.1, -0.05) is 11.2 Å². The van der Waals surface area contributed by atoms with Crippen LogP contribution in [0.3, 0.4) is 0 Å². The summed E-state index contributed by atoms with van der Waals surface area (Å²) in [5.74, 6) is 0.608. The van der Waals surface area contributed by atoms with Crippen molar-refractivity contribution >= 4 is 17.5 Å². The number of benzene rings is 1. The minimum absolute atomic E-state index is 0.197. The SMILES string of the molecule is NCCCNC(=O)c1cccc(NC(=O)c2cc(C3CC3)on2)c1. The highest BCUT2D eigenvalue weighted by Gasteiger charge is 2.28. The molecular weight excluding hydrogens is 308 g/mol. The number of anilines is 1. The van der Waals surface area contributed by atoms with Gasteiger partial charge in [-0.2, -0.15) is 0 Å². The van der Waals surface area contributed by atoms with E-state index < -0.39 is 0 Å². The maximum Gasteiger partial charge on any atom is 0.277 e. The number of nitrogens with one attached hydrogen (secondary N) is 2. The highest BCUT2D eigenvalue weighted by Crippen LogP contribution is 2.40. The molecule has 0 spiro atoms. The van der Waals surface area contributed by atoms with Crippen molar-refractivity contribution in [3.8, 4) is 0 Å². The lowest BCUT2D eigenvalue weighted by Gasteiger charge is -2.07. The highest BCUT2D eigenvalue weighted by molar-refractivity contribution is 6.03. The Labute approximate surface area is 139 Å². The lowest BCUT2D eigenvalue weighted by Crippen LogP contribution is -2.26. The van der Waals surface area contributed by atoms with Crippen LogP contribution in [0.4, 0.5) is 5.69 Å². The van der Waals surface area contributed by atoms with Crippen molar-refractivity contribution in [3.63, 3.8) is 0 Å². The second-order valence-electron chi connectivity index (χ2n) is 5.82. The third-order valence-corrected chi connectivity index (χ3v) is 3.79. The van der Waals surface area contributed by atoms with E-state index in [1.54, 1.807) is 30.3 Å². The van der Waals surface area contributed by atoms with Crippen LogP contribution < -0.4 is 16.4 Å². The molecule has 0 saturated heterocycles. The predicted molar refractivity (Wildman–Crippen MR) is 88.9 cm³/mol. The Hall–Kier alpha value is -2.67. The zero-order chi connectivity index (χ0) is 16.9. The van der Waals surface area contributed by atoms with Gasteiger partial charge in [-0.3, -0.25) is 9.59 Å². The Bertz CT molecular complexity index is 737. The van der Waals surface area contributed by atoms with Gasteiger partial charge in [0.1, 0.15) is 5.76 Å². The van der Waals surface area contributed by atoms with Crippen LogP contribution in [0, 0.1) is 0 Å². The maximum absolute atomic E-state index is 12.2. The van der Waals surface area contributed by atoms with Crippen molar-refractivity contribution in [1.29, 1.82) is 0 Å². The summed E-state index contributed by atoms with van der Waals surface area (Å²) in [6.45, 7) is 1.05. The standard InChI is InChI=1S/C17H20N4O3/c18-7-2-8-19-16(22)12-3-1-4-13(9-12)20-17(23)14-10-15(24-21-14)11-5-6-11/h1,3-4,9-11H,2,5-8,18H2,(H,19,22)(H,20,23). The van der Waals surface area contributed by atoms with Gasteiger partial charge < -0.3 is 20.9 Å².